The van der Waals surface area contributed by atoms with E-state index in [-0.39, 0.29) is 5.92 Å². The molecule has 1 fully saturated rings. The van der Waals surface area contributed by atoms with Crippen LogP contribution in [0.3, 0.4) is 0 Å². The quantitative estimate of drug-likeness (QED) is 0.869. The number of aryl methyl sites for hydroxylation is 2. The van der Waals surface area contributed by atoms with Gasteiger partial charge < -0.3 is 15.3 Å². The van der Waals surface area contributed by atoms with Gasteiger partial charge in [0.05, 0.1) is 5.92 Å². The van der Waals surface area contributed by atoms with Gasteiger partial charge in [-0.25, -0.2) is 4.98 Å². The number of hydrogen-bond acceptors (Lipinski definition) is 5. The van der Waals surface area contributed by atoms with E-state index in [0.29, 0.717) is 31.9 Å². The molecule has 3 rings (SSSR count). The highest BCUT2D eigenvalue weighted by molar-refractivity contribution is 5.70. The minimum atomic E-state index is -0.698. The van der Waals surface area contributed by atoms with E-state index in [9.17, 15) is 4.79 Å². The lowest BCUT2D eigenvalue weighted by atomic mass is 9.97. The molecule has 1 aromatic heterocycles. The maximum absolute atomic E-state index is 11.1. The zero-order valence-electron chi connectivity index (χ0n) is 14.7. The molecule has 1 saturated heterocycles. The SMILES string of the molecule is CCc1cccc(C)c1Nc1nccc(N2CCC(C(=O)O)CC2)n1. The molecule has 25 heavy (non-hydrogen) atoms. The molecule has 0 unspecified atom stereocenters. The third kappa shape index (κ3) is 3.90. The number of hydrogen-bond donors (Lipinski definition) is 2. The molecular formula is C19H24N4O2. The maximum atomic E-state index is 11.1. The molecule has 2 aromatic rings. The molecule has 0 saturated carbocycles. The molecule has 0 bridgehead atoms. The van der Waals surface area contributed by atoms with Crippen molar-refractivity contribution in [1.82, 2.24) is 9.97 Å². The van der Waals surface area contributed by atoms with Crippen LogP contribution in [0.4, 0.5) is 17.5 Å². The Morgan fingerprint density at radius 2 is 2.08 bits per heavy atom. The number of aromatic nitrogens is 2. The summed E-state index contributed by atoms with van der Waals surface area (Å²) < 4.78 is 0. The Morgan fingerprint density at radius 1 is 1.32 bits per heavy atom. The smallest absolute Gasteiger partial charge is 0.306 e. The van der Waals surface area contributed by atoms with Crippen LogP contribution in [0.1, 0.15) is 30.9 Å². The van der Waals surface area contributed by atoms with E-state index in [1.54, 1.807) is 6.20 Å². The summed E-state index contributed by atoms with van der Waals surface area (Å²) >= 11 is 0. The van der Waals surface area contributed by atoms with Crippen LogP contribution in [0.15, 0.2) is 30.5 Å². The molecule has 132 valence electrons. The molecule has 6 nitrogen and oxygen atoms in total. The van der Waals surface area contributed by atoms with E-state index in [1.165, 1.54) is 5.56 Å². The Labute approximate surface area is 147 Å². The molecule has 0 radical (unpaired) electrons. The number of carboxylic acid groups (broad SMARTS) is 1. The topological polar surface area (TPSA) is 78.4 Å². The van der Waals surface area contributed by atoms with Crippen LogP contribution in [-0.2, 0) is 11.2 Å². The van der Waals surface area contributed by atoms with Gasteiger partial charge in [-0.1, -0.05) is 25.1 Å². The molecule has 1 aromatic carbocycles. The number of nitrogens with one attached hydrogen (secondary N) is 1. The summed E-state index contributed by atoms with van der Waals surface area (Å²) in [6.07, 6.45) is 3.99. The van der Waals surface area contributed by atoms with Crippen molar-refractivity contribution < 1.29 is 9.90 Å². The molecular weight excluding hydrogens is 316 g/mol. The van der Waals surface area contributed by atoms with Crippen molar-refractivity contribution >= 4 is 23.4 Å². The summed E-state index contributed by atoms with van der Waals surface area (Å²) in [5.74, 6) is 0.473. The highest BCUT2D eigenvalue weighted by Crippen LogP contribution is 2.26. The second-order valence-electron chi connectivity index (χ2n) is 6.43. The van der Waals surface area contributed by atoms with E-state index in [4.69, 9.17) is 5.11 Å². The van der Waals surface area contributed by atoms with Crippen LogP contribution in [0, 0.1) is 12.8 Å². The van der Waals surface area contributed by atoms with Crippen molar-refractivity contribution in [3.05, 3.63) is 41.6 Å². The van der Waals surface area contributed by atoms with E-state index < -0.39 is 5.97 Å². The average Bonchev–Trinajstić information content (AvgIpc) is 2.63. The van der Waals surface area contributed by atoms with Crippen molar-refractivity contribution in [1.29, 1.82) is 0 Å². The minimum Gasteiger partial charge on any atom is -0.481 e. The van der Waals surface area contributed by atoms with Crippen LogP contribution in [-0.4, -0.2) is 34.1 Å². The molecule has 2 heterocycles. The number of para-hydroxylation sites is 1. The number of rotatable bonds is 5. The third-order valence-corrected chi connectivity index (χ3v) is 4.79. The van der Waals surface area contributed by atoms with Crippen molar-refractivity contribution in [3.8, 4) is 0 Å². The number of benzene rings is 1. The van der Waals surface area contributed by atoms with Crippen LogP contribution in [0.5, 0.6) is 0 Å². The van der Waals surface area contributed by atoms with Gasteiger partial charge >= 0.3 is 5.97 Å². The normalized spacial score (nSPS) is 15.2. The first kappa shape index (κ1) is 17.2. The Kier molecular flexibility index (Phi) is 5.16. The third-order valence-electron chi connectivity index (χ3n) is 4.79. The molecule has 0 atom stereocenters. The fraction of sp³-hybridized carbons (Fsp3) is 0.421. The number of nitrogens with zero attached hydrogens (tertiary/aromatic N) is 3. The van der Waals surface area contributed by atoms with Gasteiger partial charge in [0.2, 0.25) is 5.95 Å². The van der Waals surface area contributed by atoms with Crippen LogP contribution in [0.2, 0.25) is 0 Å². The monoisotopic (exact) mass is 340 g/mol. The summed E-state index contributed by atoms with van der Waals surface area (Å²) in [5, 5.41) is 12.5. The van der Waals surface area contributed by atoms with Gasteiger partial charge in [0.25, 0.3) is 0 Å². The predicted molar refractivity (Wildman–Crippen MR) is 98.4 cm³/mol. The highest BCUT2D eigenvalue weighted by Gasteiger charge is 2.25. The van der Waals surface area contributed by atoms with Crippen LogP contribution >= 0.6 is 0 Å². The van der Waals surface area contributed by atoms with Gasteiger partial charge in [-0.05, 0) is 43.4 Å². The number of aliphatic carboxylic acids is 1. The largest absolute Gasteiger partial charge is 0.481 e. The summed E-state index contributed by atoms with van der Waals surface area (Å²) in [4.78, 5) is 22.2. The lowest BCUT2D eigenvalue weighted by Crippen LogP contribution is -2.36. The minimum absolute atomic E-state index is 0.241. The molecule has 0 spiro atoms. The van der Waals surface area contributed by atoms with E-state index in [2.05, 4.69) is 52.2 Å². The van der Waals surface area contributed by atoms with Gasteiger partial charge in [0, 0.05) is 25.0 Å². The van der Waals surface area contributed by atoms with Gasteiger partial charge in [-0.2, -0.15) is 4.98 Å². The van der Waals surface area contributed by atoms with Crippen molar-refractivity contribution in [2.75, 3.05) is 23.3 Å². The molecule has 0 amide bonds. The lowest BCUT2D eigenvalue weighted by molar-refractivity contribution is -0.142. The second kappa shape index (κ2) is 7.51. The van der Waals surface area contributed by atoms with Crippen molar-refractivity contribution in [2.45, 2.75) is 33.1 Å². The Morgan fingerprint density at radius 3 is 2.76 bits per heavy atom. The molecule has 1 aliphatic heterocycles. The number of piperidine rings is 1. The zero-order valence-corrected chi connectivity index (χ0v) is 14.7. The molecule has 6 heteroatoms. The average molecular weight is 340 g/mol. The maximum Gasteiger partial charge on any atom is 0.306 e. The summed E-state index contributed by atoms with van der Waals surface area (Å²) in [7, 11) is 0. The van der Waals surface area contributed by atoms with Crippen LogP contribution < -0.4 is 10.2 Å². The first-order valence-electron chi connectivity index (χ1n) is 8.74. The van der Waals surface area contributed by atoms with E-state index in [0.717, 1.165) is 23.5 Å². The highest BCUT2D eigenvalue weighted by atomic mass is 16.4. The number of carboxylic acids is 1. The molecule has 2 N–H and O–H groups in total. The van der Waals surface area contributed by atoms with Crippen molar-refractivity contribution in [3.63, 3.8) is 0 Å². The lowest BCUT2D eigenvalue weighted by Gasteiger charge is -2.31. The molecule has 0 aliphatic carbocycles. The summed E-state index contributed by atoms with van der Waals surface area (Å²) in [6.45, 7) is 5.61. The van der Waals surface area contributed by atoms with Gasteiger partial charge in [0.15, 0.2) is 0 Å². The number of anilines is 3. The fourth-order valence-corrected chi connectivity index (χ4v) is 3.25. The number of carbonyl (C=O) groups is 1. The Balaban J connectivity index is 1.76. The standard InChI is InChI=1S/C19H24N4O2/c1-3-14-6-4-5-13(2)17(14)22-19-20-10-7-16(21-19)23-11-8-15(9-12-23)18(24)25/h4-7,10,15H,3,8-9,11-12H2,1-2H3,(H,24,25)(H,20,21,22). The first-order valence-corrected chi connectivity index (χ1v) is 8.74. The zero-order chi connectivity index (χ0) is 17.8. The van der Waals surface area contributed by atoms with E-state index in [1.807, 2.05) is 6.07 Å². The summed E-state index contributed by atoms with van der Waals surface area (Å²) in [5.41, 5.74) is 3.46. The van der Waals surface area contributed by atoms with Gasteiger partial charge in [-0.15, -0.1) is 0 Å². The Hall–Kier alpha value is -2.63. The second-order valence-corrected chi connectivity index (χ2v) is 6.43. The predicted octanol–water partition coefficient (Wildman–Crippen LogP) is 3.39. The fourth-order valence-electron chi connectivity index (χ4n) is 3.25. The van der Waals surface area contributed by atoms with Gasteiger partial charge in [0.1, 0.15) is 5.82 Å². The van der Waals surface area contributed by atoms with Gasteiger partial charge in [-0.3, -0.25) is 4.79 Å². The molecule has 1 aliphatic rings. The first-order chi connectivity index (χ1) is 12.1. The Bertz CT molecular complexity index is 755. The van der Waals surface area contributed by atoms with Crippen molar-refractivity contribution in [2.24, 2.45) is 5.92 Å². The summed E-state index contributed by atoms with van der Waals surface area (Å²) in [6, 6.07) is 8.12. The van der Waals surface area contributed by atoms with E-state index >= 15 is 0 Å². The van der Waals surface area contributed by atoms with Crippen LogP contribution in [0.25, 0.3) is 0 Å².